The number of nitriles is 1. The molecule has 1 saturated carbocycles. The molecule has 1 heterocycles. The molecule has 174 valence electrons. The first kappa shape index (κ1) is 24.5. The first-order chi connectivity index (χ1) is 14.9. The van der Waals surface area contributed by atoms with Crippen molar-refractivity contribution >= 4 is 11.3 Å². The quantitative estimate of drug-likeness (QED) is 0.435. The van der Waals surface area contributed by atoms with E-state index in [0.29, 0.717) is 15.6 Å². The average Bonchev–Trinajstić information content (AvgIpc) is 3.08. The van der Waals surface area contributed by atoms with Crippen LogP contribution < -0.4 is 0 Å². The molecule has 1 unspecified atom stereocenters. The van der Waals surface area contributed by atoms with Crippen LogP contribution in [-0.4, -0.2) is 23.9 Å². The summed E-state index contributed by atoms with van der Waals surface area (Å²) in [5.41, 5.74) is 0.205. The third-order valence-electron chi connectivity index (χ3n) is 5.46. The minimum atomic E-state index is -4.62. The Labute approximate surface area is 183 Å². The van der Waals surface area contributed by atoms with Gasteiger partial charge in [0.1, 0.15) is 24.6 Å². The van der Waals surface area contributed by atoms with Gasteiger partial charge in [-0.3, -0.25) is 0 Å². The molecule has 0 amide bonds. The van der Waals surface area contributed by atoms with E-state index in [-0.39, 0.29) is 42.7 Å². The Hall–Kier alpha value is -2.19. The molecule has 1 atom stereocenters. The molecule has 1 aliphatic carbocycles. The zero-order valence-electron chi connectivity index (χ0n) is 16.9. The van der Waals surface area contributed by atoms with E-state index in [2.05, 4.69) is 4.98 Å². The van der Waals surface area contributed by atoms with E-state index < -0.39 is 36.8 Å². The molecule has 0 radical (unpaired) electrons. The van der Waals surface area contributed by atoms with E-state index in [1.54, 1.807) is 13.0 Å². The Balaban J connectivity index is 1.88. The molecular weight excluding hydrogens is 461 g/mol. The highest BCUT2D eigenvalue weighted by molar-refractivity contribution is 7.12. The highest BCUT2D eigenvalue weighted by atomic mass is 32.1. The van der Waals surface area contributed by atoms with Gasteiger partial charge >= 0.3 is 12.4 Å². The molecule has 0 spiro atoms. The van der Waals surface area contributed by atoms with E-state index in [4.69, 9.17) is 10.00 Å². The molecule has 2 aromatic rings. The number of aromatic nitrogens is 1. The zero-order valence-corrected chi connectivity index (χ0v) is 17.7. The number of aryl methyl sites for hydroxylation is 1. The number of benzene rings is 1. The molecule has 0 aliphatic heterocycles. The van der Waals surface area contributed by atoms with Gasteiger partial charge in [-0.2, -0.15) is 31.6 Å². The van der Waals surface area contributed by atoms with Crippen LogP contribution in [0.15, 0.2) is 18.2 Å². The minimum absolute atomic E-state index is 0.0308. The normalized spacial score (nSPS) is 20.7. The van der Waals surface area contributed by atoms with Gasteiger partial charge in [-0.25, -0.2) is 9.37 Å². The first-order valence-corrected chi connectivity index (χ1v) is 10.6. The SMILES string of the molecule is Cc1nc(C2CCC(C(F)(F)F)CC2)sc1C(OCC(F)(F)F)c1ccc(C#N)c(F)c1. The van der Waals surface area contributed by atoms with Crippen molar-refractivity contribution < 1.29 is 35.5 Å². The number of hydrogen-bond donors (Lipinski definition) is 0. The molecule has 32 heavy (non-hydrogen) atoms. The van der Waals surface area contributed by atoms with Crippen molar-refractivity contribution in [1.82, 2.24) is 4.98 Å². The molecule has 1 fully saturated rings. The van der Waals surface area contributed by atoms with Crippen molar-refractivity contribution in [3.8, 4) is 6.07 Å². The molecule has 3 nitrogen and oxygen atoms in total. The van der Waals surface area contributed by atoms with Crippen LogP contribution in [0.25, 0.3) is 0 Å². The van der Waals surface area contributed by atoms with Crippen LogP contribution in [0.2, 0.25) is 0 Å². The lowest BCUT2D eigenvalue weighted by molar-refractivity contribution is -0.182. The fourth-order valence-electron chi connectivity index (χ4n) is 3.80. The summed E-state index contributed by atoms with van der Waals surface area (Å²) in [6, 6.07) is 5.07. The van der Waals surface area contributed by atoms with Crippen LogP contribution in [-0.2, 0) is 4.74 Å². The smallest absolute Gasteiger partial charge is 0.358 e. The van der Waals surface area contributed by atoms with Crippen molar-refractivity contribution in [2.24, 2.45) is 5.92 Å². The number of ether oxygens (including phenoxy) is 1. The van der Waals surface area contributed by atoms with Crippen LogP contribution in [0.5, 0.6) is 0 Å². The fourth-order valence-corrected chi connectivity index (χ4v) is 5.12. The number of halogens is 7. The largest absolute Gasteiger partial charge is 0.411 e. The predicted octanol–water partition coefficient (Wildman–Crippen LogP) is 6.97. The van der Waals surface area contributed by atoms with E-state index >= 15 is 0 Å². The van der Waals surface area contributed by atoms with Crippen molar-refractivity contribution in [2.75, 3.05) is 6.61 Å². The van der Waals surface area contributed by atoms with Crippen molar-refractivity contribution in [3.63, 3.8) is 0 Å². The highest BCUT2D eigenvalue weighted by Gasteiger charge is 2.42. The summed E-state index contributed by atoms with van der Waals surface area (Å²) in [7, 11) is 0. The highest BCUT2D eigenvalue weighted by Crippen LogP contribution is 2.45. The second-order valence-corrected chi connectivity index (χ2v) is 8.81. The molecule has 0 bridgehead atoms. The number of alkyl halides is 6. The van der Waals surface area contributed by atoms with Crippen molar-refractivity contribution in [1.29, 1.82) is 5.26 Å². The Morgan fingerprint density at radius 1 is 1.16 bits per heavy atom. The summed E-state index contributed by atoms with van der Waals surface area (Å²) in [6.07, 6.45) is -9.66. The maximum atomic E-state index is 14.1. The molecule has 1 aliphatic rings. The topological polar surface area (TPSA) is 45.9 Å². The molecule has 11 heteroatoms. The molecule has 1 aromatic heterocycles. The van der Waals surface area contributed by atoms with Gasteiger partial charge in [0.05, 0.1) is 27.1 Å². The summed E-state index contributed by atoms with van der Waals surface area (Å²) < 4.78 is 96.5. The third-order valence-corrected chi connectivity index (χ3v) is 6.82. The molecular formula is C21H19F7N2OS. The monoisotopic (exact) mass is 480 g/mol. The van der Waals surface area contributed by atoms with Crippen LogP contribution in [0.4, 0.5) is 30.7 Å². The van der Waals surface area contributed by atoms with Gasteiger partial charge < -0.3 is 4.74 Å². The number of hydrogen-bond acceptors (Lipinski definition) is 4. The summed E-state index contributed by atoms with van der Waals surface area (Å²) in [4.78, 5) is 4.72. The fraction of sp³-hybridized carbons (Fsp3) is 0.524. The van der Waals surface area contributed by atoms with E-state index in [0.717, 1.165) is 23.5 Å². The van der Waals surface area contributed by atoms with Crippen LogP contribution in [0.3, 0.4) is 0 Å². The summed E-state index contributed by atoms with van der Waals surface area (Å²) in [6.45, 7) is -0.0106. The Morgan fingerprint density at radius 2 is 1.81 bits per heavy atom. The first-order valence-electron chi connectivity index (χ1n) is 9.81. The second kappa shape index (κ2) is 9.35. The molecule has 0 N–H and O–H groups in total. The van der Waals surface area contributed by atoms with Gasteiger partial charge in [-0.05, 0) is 50.3 Å². The number of nitrogens with zero attached hydrogens (tertiary/aromatic N) is 2. The van der Waals surface area contributed by atoms with Crippen LogP contribution in [0.1, 0.15) is 64.4 Å². The standard InChI is InChI=1S/C21H19F7N2OS/c1-11-18(32-19(30-11)12-4-6-15(7-5-12)21(26,27)28)17(31-10-20(23,24)25)13-2-3-14(9-29)16(22)8-13/h2-3,8,12,15,17H,4-7,10H2,1H3. The summed E-state index contributed by atoms with van der Waals surface area (Å²) in [5.74, 6) is -2.48. The van der Waals surface area contributed by atoms with Gasteiger partial charge in [0.25, 0.3) is 0 Å². The van der Waals surface area contributed by atoms with Crippen molar-refractivity contribution in [2.45, 2.75) is 57.0 Å². The molecule has 1 aromatic carbocycles. The van der Waals surface area contributed by atoms with E-state index in [9.17, 15) is 30.7 Å². The maximum absolute atomic E-state index is 14.1. The van der Waals surface area contributed by atoms with Gasteiger partial charge in [0, 0.05) is 5.92 Å². The number of rotatable bonds is 5. The van der Waals surface area contributed by atoms with E-state index in [1.165, 1.54) is 6.07 Å². The Kier molecular flexibility index (Phi) is 7.15. The van der Waals surface area contributed by atoms with Crippen LogP contribution in [0, 0.1) is 30.0 Å². The van der Waals surface area contributed by atoms with Gasteiger partial charge in [-0.1, -0.05) is 6.07 Å². The third kappa shape index (κ3) is 5.78. The van der Waals surface area contributed by atoms with Crippen molar-refractivity contribution in [3.05, 3.63) is 50.7 Å². The predicted molar refractivity (Wildman–Crippen MR) is 103 cm³/mol. The van der Waals surface area contributed by atoms with Crippen LogP contribution >= 0.6 is 11.3 Å². The van der Waals surface area contributed by atoms with Gasteiger partial charge in [-0.15, -0.1) is 11.3 Å². The van der Waals surface area contributed by atoms with Gasteiger partial charge in [0.2, 0.25) is 0 Å². The minimum Gasteiger partial charge on any atom is -0.358 e. The Morgan fingerprint density at radius 3 is 2.34 bits per heavy atom. The van der Waals surface area contributed by atoms with E-state index in [1.807, 2.05) is 0 Å². The van der Waals surface area contributed by atoms with Gasteiger partial charge in [0.15, 0.2) is 0 Å². The molecule has 3 rings (SSSR count). The average molecular weight is 480 g/mol. The lowest BCUT2D eigenvalue weighted by atomic mass is 9.82. The second-order valence-electron chi connectivity index (χ2n) is 7.75. The lowest BCUT2D eigenvalue weighted by Crippen LogP contribution is -2.27. The molecule has 0 saturated heterocycles. The number of thiazole rings is 1. The Bertz CT molecular complexity index is 986. The maximum Gasteiger partial charge on any atom is 0.411 e. The summed E-state index contributed by atoms with van der Waals surface area (Å²) >= 11 is 1.07. The summed E-state index contributed by atoms with van der Waals surface area (Å²) in [5, 5.41) is 9.42. The zero-order chi connectivity index (χ0) is 23.7. The lowest BCUT2D eigenvalue weighted by Gasteiger charge is -2.28.